The van der Waals surface area contributed by atoms with Gasteiger partial charge in [0.15, 0.2) is 0 Å². The fourth-order valence-electron chi connectivity index (χ4n) is 5.41. The third-order valence-corrected chi connectivity index (χ3v) is 7.16. The van der Waals surface area contributed by atoms with E-state index < -0.39 is 0 Å². The zero-order valence-corrected chi connectivity index (χ0v) is 21.1. The maximum Gasteiger partial charge on any atom is 0.217 e. The van der Waals surface area contributed by atoms with Crippen LogP contribution in [0.4, 0.5) is 0 Å². The SMILES string of the molecule is CC(=O)NC(C)Cn1c(-c2cccc(Cl)c2)nc2cc(OCCCN3[C@@H]4CC[C@H]3COC4)ccc21. The Morgan fingerprint density at radius 1 is 1.23 bits per heavy atom. The molecule has 1 amide bonds. The third-order valence-electron chi connectivity index (χ3n) is 6.93. The van der Waals surface area contributed by atoms with Crippen molar-refractivity contribution in [3.05, 3.63) is 47.5 Å². The smallest absolute Gasteiger partial charge is 0.217 e. The van der Waals surface area contributed by atoms with Gasteiger partial charge in [0.2, 0.25) is 5.91 Å². The molecule has 8 heteroatoms. The Kier molecular flexibility index (Phi) is 7.27. The molecule has 35 heavy (non-hydrogen) atoms. The van der Waals surface area contributed by atoms with Gasteiger partial charge in [0.05, 0.1) is 30.9 Å². The van der Waals surface area contributed by atoms with E-state index in [1.165, 1.54) is 19.8 Å². The van der Waals surface area contributed by atoms with E-state index in [1.54, 1.807) is 0 Å². The molecule has 0 spiro atoms. The van der Waals surface area contributed by atoms with Crippen LogP contribution in [0.5, 0.6) is 5.75 Å². The number of amides is 1. The van der Waals surface area contributed by atoms with Gasteiger partial charge < -0.3 is 19.4 Å². The molecule has 0 radical (unpaired) electrons. The highest BCUT2D eigenvalue weighted by atomic mass is 35.5. The first-order valence-electron chi connectivity index (χ1n) is 12.5. The van der Waals surface area contributed by atoms with Crippen molar-refractivity contribution < 1.29 is 14.3 Å². The number of hydrogen-bond acceptors (Lipinski definition) is 5. The third kappa shape index (κ3) is 5.47. The summed E-state index contributed by atoms with van der Waals surface area (Å²) in [4.78, 5) is 19.1. The van der Waals surface area contributed by atoms with Gasteiger partial charge in [-0.3, -0.25) is 9.69 Å². The van der Waals surface area contributed by atoms with Crippen molar-refractivity contribution in [1.29, 1.82) is 0 Å². The second-order valence-corrected chi connectivity index (χ2v) is 10.1. The van der Waals surface area contributed by atoms with Crippen LogP contribution in [0.3, 0.4) is 0 Å². The van der Waals surface area contributed by atoms with Crippen molar-refractivity contribution in [3.63, 3.8) is 0 Å². The van der Waals surface area contributed by atoms with Crippen molar-refractivity contribution in [2.75, 3.05) is 26.4 Å². The molecule has 2 aliphatic rings. The summed E-state index contributed by atoms with van der Waals surface area (Å²) in [6.45, 7) is 7.58. The molecule has 2 saturated heterocycles. The first kappa shape index (κ1) is 24.1. The van der Waals surface area contributed by atoms with Gasteiger partial charge in [-0.1, -0.05) is 23.7 Å². The maximum absolute atomic E-state index is 11.6. The predicted octanol–water partition coefficient (Wildman–Crippen LogP) is 4.51. The monoisotopic (exact) mass is 496 g/mol. The minimum atomic E-state index is -0.0491. The van der Waals surface area contributed by atoms with Gasteiger partial charge in [-0.25, -0.2) is 4.98 Å². The lowest BCUT2D eigenvalue weighted by Crippen LogP contribution is -2.46. The van der Waals surface area contributed by atoms with Gasteiger partial charge >= 0.3 is 0 Å². The molecule has 3 aromatic rings. The highest BCUT2D eigenvalue weighted by molar-refractivity contribution is 6.30. The Balaban J connectivity index is 1.31. The molecular weight excluding hydrogens is 464 g/mol. The van der Waals surface area contributed by atoms with Gasteiger partial charge in [0.1, 0.15) is 11.6 Å². The number of ether oxygens (including phenoxy) is 2. The average molecular weight is 497 g/mol. The van der Waals surface area contributed by atoms with Gasteiger partial charge in [-0.15, -0.1) is 0 Å². The van der Waals surface area contributed by atoms with E-state index in [2.05, 4.69) is 20.9 Å². The summed E-state index contributed by atoms with van der Waals surface area (Å²) in [6.07, 6.45) is 3.49. The predicted molar refractivity (Wildman–Crippen MR) is 138 cm³/mol. The van der Waals surface area contributed by atoms with Crippen LogP contribution in [0, 0.1) is 0 Å². The highest BCUT2D eigenvalue weighted by Gasteiger charge is 2.36. The molecule has 1 unspecified atom stereocenters. The normalized spacial score (nSPS) is 20.8. The molecule has 3 atom stereocenters. The quantitative estimate of drug-likeness (QED) is 0.441. The van der Waals surface area contributed by atoms with Crippen molar-refractivity contribution in [2.45, 2.75) is 57.8 Å². The summed E-state index contributed by atoms with van der Waals surface area (Å²) in [5.74, 6) is 1.59. The molecule has 2 aromatic carbocycles. The van der Waals surface area contributed by atoms with Crippen LogP contribution in [-0.2, 0) is 16.1 Å². The van der Waals surface area contributed by atoms with E-state index in [4.69, 9.17) is 26.1 Å². The van der Waals surface area contributed by atoms with E-state index >= 15 is 0 Å². The fraction of sp³-hybridized carbons (Fsp3) is 0.481. The molecule has 2 bridgehead atoms. The molecule has 0 saturated carbocycles. The lowest BCUT2D eigenvalue weighted by molar-refractivity contribution is -0.119. The molecule has 5 rings (SSSR count). The van der Waals surface area contributed by atoms with Gasteiger partial charge in [-0.05, 0) is 50.5 Å². The molecule has 186 valence electrons. The number of nitrogens with zero attached hydrogens (tertiary/aromatic N) is 3. The van der Waals surface area contributed by atoms with E-state index in [0.717, 1.165) is 54.4 Å². The summed E-state index contributed by atoms with van der Waals surface area (Å²) in [6, 6.07) is 14.9. The molecule has 2 fully saturated rings. The second kappa shape index (κ2) is 10.6. The van der Waals surface area contributed by atoms with E-state index in [0.29, 0.717) is 30.3 Å². The fourth-order valence-corrected chi connectivity index (χ4v) is 5.60. The summed E-state index contributed by atoms with van der Waals surface area (Å²) >= 11 is 6.27. The molecule has 0 aliphatic carbocycles. The topological polar surface area (TPSA) is 68.6 Å². The summed E-state index contributed by atoms with van der Waals surface area (Å²) in [5, 5.41) is 3.63. The summed E-state index contributed by atoms with van der Waals surface area (Å²) in [5.41, 5.74) is 2.79. The van der Waals surface area contributed by atoms with Crippen molar-refractivity contribution in [3.8, 4) is 17.1 Å². The Labute approximate surface area is 211 Å². The minimum Gasteiger partial charge on any atom is -0.493 e. The van der Waals surface area contributed by atoms with Crippen LogP contribution in [0.1, 0.15) is 33.1 Å². The average Bonchev–Trinajstić information content (AvgIpc) is 3.27. The largest absolute Gasteiger partial charge is 0.493 e. The molecule has 1 aromatic heterocycles. The number of nitrogens with one attached hydrogen (secondary N) is 1. The highest BCUT2D eigenvalue weighted by Crippen LogP contribution is 2.30. The van der Waals surface area contributed by atoms with E-state index in [1.807, 2.05) is 43.3 Å². The van der Waals surface area contributed by atoms with Crippen LogP contribution in [0.25, 0.3) is 22.4 Å². The van der Waals surface area contributed by atoms with Crippen LogP contribution >= 0.6 is 11.6 Å². The number of carbonyl (C=O) groups excluding carboxylic acids is 1. The molecule has 2 aliphatic heterocycles. The number of aromatic nitrogens is 2. The Morgan fingerprint density at radius 3 is 2.77 bits per heavy atom. The number of hydrogen-bond donors (Lipinski definition) is 1. The van der Waals surface area contributed by atoms with E-state index in [9.17, 15) is 4.79 Å². The van der Waals surface area contributed by atoms with Crippen LogP contribution < -0.4 is 10.1 Å². The second-order valence-electron chi connectivity index (χ2n) is 9.67. The molecule has 3 heterocycles. The summed E-state index contributed by atoms with van der Waals surface area (Å²) < 4.78 is 13.9. The lowest BCUT2D eigenvalue weighted by Gasteiger charge is -2.34. The van der Waals surface area contributed by atoms with Crippen molar-refractivity contribution in [1.82, 2.24) is 19.8 Å². The van der Waals surface area contributed by atoms with Gasteiger partial charge in [0, 0.05) is 54.8 Å². The zero-order valence-electron chi connectivity index (χ0n) is 20.4. The van der Waals surface area contributed by atoms with Gasteiger partial charge in [0.25, 0.3) is 0 Å². The van der Waals surface area contributed by atoms with Gasteiger partial charge in [-0.2, -0.15) is 0 Å². The standard InChI is InChI=1S/C27H33ClN4O3/c1-18(29-19(2)33)15-32-26-10-9-24(14-25(26)30-27(32)20-5-3-6-21(28)13-20)35-12-4-11-31-22-7-8-23(31)17-34-16-22/h3,5-6,9-10,13-14,18,22-23H,4,7-8,11-12,15-17H2,1-2H3,(H,29,33)/t18?,22-,23+. The maximum atomic E-state index is 11.6. The van der Waals surface area contributed by atoms with Crippen molar-refractivity contribution >= 4 is 28.5 Å². The Hall–Kier alpha value is -2.61. The first-order valence-corrected chi connectivity index (χ1v) is 12.9. The summed E-state index contributed by atoms with van der Waals surface area (Å²) in [7, 11) is 0. The minimum absolute atomic E-state index is 0.0470. The molecular formula is C27H33ClN4O3. The Bertz CT molecular complexity index is 1180. The number of fused-ring (bicyclic) bond motifs is 3. The zero-order chi connectivity index (χ0) is 24.4. The molecule has 7 nitrogen and oxygen atoms in total. The number of morpholine rings is 1. The lowest BCUT2D eigenvalue weighted by atomic mass is 10.2. The van der Waals surface area contributed by atoms with Crippen molar-refractivity contribution in [2.24, 2.45) is 0 Å². The van der Waals surface area contributed by atoms with Crippen LogP contribution in [-0.4, -0.2) is 64.8 Å². The number of carbonyl (C=O) groups is 1. The molecule has 1 N–H and O–H groups in total. The van der Waals surface area contributed by atoms with E-state index in [-0.39, 0.29) is 11.9 Å². The first-order chi connectivity index (χ1) is 17.0. The number of rotatable bonds is 9. The van der Waals surface area contributed by atoms with Crippen LogP contribution in [0.2, 0.25) is 5.02 Å². The van der Waals surface area contributed by atoms with Crippen LogP contribution in [0.15, 0.2) is 42.5 Å². The Morgan fingerprint density at radius 2 is 2.03 bits per heavy atom. The number of imidazole rings is 1. The number of benzene rings is 2. The number of halogens is 1.